The van der Waals surface area contributed by atoms with Crippen molar-refractivity contribution in [3.8, 4) is 11.3 Å². The molecular weight excluding hydrogens is 320 g/mol. The van der Waals surface area contributed by atoms with Crippen molar-refractivity contribution < 1.29 is 4.79 Å². The van der Waals surface area contributed by atoms with Gasteiger partial charge in [-0.15, -0.1) is 16.4 Å². The summed E-state index contributed by atoms with van der Waals surface area (Å²) in [6.07, 6.45) is 1.64. The quantitative estimate of drug-likeness (QED) is 0.745. The van der Waals surface area contributed by atoms with E-state index >= 15 is 0 Å². The molecule has 0 aliphatic heterocycles. The molecule has 0 unspecified atom stereocenters. The van der Waals surface area contributed by atoms with Crippen LogP contribution in [0.25, 0.3) is 16.2 Å². The van der Waals surface area contributed by atoms with E-state index in [0.29, 0.717) is 5.95 Å². The van der Waals surface area contributed by atoms with Crippen molar-refractivity contribution in [3.05, 3.63) is 34.7 Å². The molecule has 2 heterocycles. The molecule has 1 amide bonds. The van der Waals surface area contributed by atoms with Crippen LogP contribution in [-0.4, -0.2) is 20.5 Å². The molecule has 5 nitrogen and oxygen atoms in total. The number of rotatable bonds is 5. The SMILES string of the molecule is CCC(CC)C(=O)Nc1nc2scc(-c3ccc(C)cc3C)n2n1. The fourth-order valence-corrected chi connectivity index (χ4v) is 3.71. The Hall–Kier alpha value is -2.21. The third-order valence-electron chi connectivity index (χ3n) is 4.33. The van der Waals surface area contributed by atoms with Gasteiger partial charge in [0, 0.05) is 16.9 Å². The van der Waals surface area contributed by atoms with Gasteiger partial charge in [0.1, 0.15) is 0 Å². The average molecular weight is 342 g/mol. The molecule has 0 saturated heterocycles. The Kier molecular flexibility index (Phi) is 4.66. The van der Waals surface area contributed by atoms with E-state index in [-0.39, 0.29) is 11.8 Å². The Labute approximate surface area is 145 Å². The molecule has 3 aromatic rings. The normalized spacial score (nSPS) is 11.4. The van der Waals surface area contributed by atoms with E-state index in [1.54, 1.807) is 0 Å². The van der Waals surface area contributed by atoms with E-state index in [9.17, 15) is 4.79 Å². The first-order chi connectivity index (χ1) is 11.5. The minimum Gasteiger partial charge on any atom is -0.293 e. The van der Waals surface area contributed by atoms with Gasteiger partial charge in [-0.3, -0.25) is 10.1 Å². The van der Waals surface area contributed by atoms with Gasteiger partial charge in [-0.1, -0.05) is 37.6 Å². The smallest absolute Gasteiger partial charge is 0.250 e. The van der Waals surface area contributed by atoms with Crippen LogP contribution in [0, 0.1) is 19.8 Å². The molecular formula is C18H22N4OS. The maximum Gasteiger partial charge on any atom is 0.250 e. The molecule has 126 valence electrons. The van der Waals surface area contributed by atoms with Crippen LogP contribution in [-0.2, 0) is 4.79 Å². The first kappa shape index (κ1) is 16.6. The molecule has 0 saturated carbocycles. The molecule has 1 N–H and O–H groups in total. The van der Waals surface area contributed by atoms with Crippen molar-refractivity contribution in [2.75, 3.05) is 5.32 Å². The first-order valence-corrected chi connectivity index (χ1v) is 9.14. The third kappa shape index (κ3) is 3.06. The van der Waals surface area contributed by atoms with Gasteiger partial charge in [0.2, 0.25) is 16.8 Å². The van der Waals surface area contributed by atoms with Crippen LogP contribution in [0.5, 0.6) is 0 Å². The molecule has 0 aliphatic carbocycles. The predicted molar refractivity (Wildman–Crippen MR) is 98.5 cm³/mol. The number of carbonyl (C=O) groups excluding carboxylic acids is 1. The zero-order valence-corrected chi connectivity index (χ0v) is 15.3. The topological polar surface area (TPSA) is 59.3 Å². The summed E-state index contributed by atoms with van der Waals surface area (Å²) in [5.74, 6) is 0.376. The Morgan fingerprint density at radius 1 is 1.29 bits per heavy atom. The monoisotopic (exact) mass is 342 g/mol. The van der Waals surface area contributed by atoms with Crippen LogP contribution < -0.4 is 5.32 Å². The molecule has 3 rings (SSSR count). The largest absolute Gasteiger partial charge is 0.293 e. The number of anilines is 1. The molecule has 0 radical (unpaired) electrons. The Bertz CT molecular complexity index is 876. The van der Waals surface area contributed by atoms with Gasteiger partial charge in [-0.05, 0) is 32.3 Å². The molecule has 1 aromatic carbocycles. The fourth-order valence-electron chi connectivity index (χ4n) is 2.89. The maximum absolute atomic E-state index is 12.2. The van der Waals surface area contributed by atoms with E-state index in [1.165, 1.54) is 22.5 Å². The summed E-state index contributed by atoms with van der Waals surface area (Å²) in [5, 5.41) is 9.39. The summed E-state index contributed by atoms with van der Waals surface area (Å²) in [6.45, 7) is 8.22. The molecule has 0 bridgehead atoms. The molecule has 0 spiro atoms. The Balaban J connectivity index is 1.93. The number of hydrogen-bond donors (Lipinski definition) is 1. The highest BCUT2D eigenvalue weighted by molar-refractivity contribution is 7.15. The fraction of sp³-hybridized carbons (Fsp3) is 0.389. The van der Waals surface area contributed by atoms with Gasteiger partial charge < -0.3 is 0 Å². The number of nitrogens with one attached hydrogen (secondary N) is 1. The van der Waals surface area contributed by atoms with Crippen LogP contribution in [0.1, 0.15) is 37.8 Å². The van der Waals surface area contributed by atoms with Gasteiger partial charge in [0.15, 0.2) is 0 Å². The van der Waals surface area contributed by atoms with Crippen LogP contribution in [0.4, 0.5) is 5.95 Å². The van der Waals surface area contributed by atoms with Crippen molar-refractivity contribution >= 4 is 28.2 Å². The summed E-state index contributed by atoms with van der Waals surface area (Å²) in [7, 11) is 0. The van der Waals surface area contributed by atoms with Crippen LogP contribution in [0.3, 0.4) is 0 Å². The summed E-state index contributed by atoms with van der Waals surface area (Å²) < 4.78 is 1.81. The highest BCUT2D eigenvalue weighted by Crippen LogP contribution is 2.29. The highest BCUT2D eigenvalue weighted by atomic mass is 32.1. The zero-order valence-electron chi connectivity index (χ0n) is 14.5. The van der Waals surface area contributed by atoms with Crippen LogP contribution in [0.15, 0.2) is 23.6 Å². The van der Waals surface area contributed by atoms with Gasteiger partial charge in [0.05, 0.1) is 5.69 Å². The van der Waals surface area contributed by atoms with Gasteiger partial charge >= 0.3 is 0 Å². The van der Waals surface area contributed by atoms with E-state index in [1.807, 2.05) is 18.4 Å². The summed E-state index contributed by atoms with van der Waals surface area (Å²) in [4.78, 5) is 17.4. The minimum absolute atomic E-state index is 0.00495. The maximum atomic E-state index is 12.2. The van der Waals surface area contributed by atoms with E-state index in [4.69, 9.17) is 0 Å². The second-order valence-electron chi connectivity index (χ2n) is 6.07. The molecule has 0 atom stereocenters. The van der Waals surface area contributed by atoms with Crippen molar-refractivity contribution in [1.29, 1.82) is 0 Å². The Morgan fingerprint density at radius 3 is 2.71 bits per heavy atom. The predicted octanol–water partition coefficient (Wildman–Crippen LogP) is 4.45. The van der Waals surface area contributed by atoms with E-state index in [2.05, 4.69) is 52.8 Å². The number of benzene rings is 1. The second kappa shape index (κ2) is 6.73. The van der Waals surface area contributed by atoms with E-state index < -0.39 is 0 Å². The molecule has 24 heavy (non-hydrogen) atoms. The number of hydrogen-bond acceptors (Lipinski definition) is 4. The number of aromatic nitrogens is 3. The van der Waals surface area contributed by atoms with Crippen molar-refractivity contribution in [1.82, 2.24) is 14.6 Å². The second-order valence-corrected chi connectivity index (χ2v) is 6.91. The molecule has 2 aromatic heterocycles. The minimum atomic E-state index is -0.00804. The van der Waals surface area contributed by atoms with Gasteiger partial charge in [0.25, 0.3) is 0 Å². The number of nitrogens with zero attached hydrogens (tertiary/aromatic N) is 3. The van der Waals surface area contributed by atoms with Crippen LogP contribution >= 0.6 is 11.3 Å². The van der Waals surface area contributed by atoms with Crippen molar-refractivity contribution in [2.45, 2.75) is 40.5 Å². The van der Waals surface area contributed by atoms with Crippen LogP contribution in [0.2, 0.25) is 0 Å². The highest BCUT2D eigenvalue weighted by Gasteiger charge is 2.18. The number of thiazole rings is 1. The number of amides is 1. The lowest BCUT2D eigenvalue weighted by atomic mass is 10.0. The molecule has 6 heteroatoms. The standard InChI is InChI=1S/C18H22N4OS/c1-5-13(6-2)16(23)19-17-20-18-22(21-17)15(10-24-18)14-8-7-11(3)9-12(14)4/h7-10,13H,5-6H2,1-4H3,(H,19,21,23). The third-order valence-corrected chi connectivity index (χ3v) is 5.15. The lowest BCUT2D eigenvalue weighted by Gasteiger charge is -2.10. The first-order valence-electron chi connectivity index (χ1n) is 8.26. The molecule has 0 aliphatic rings. The van der Waals surface area contributed by atoms with Crippen molar-refractivity contribution in [2.24, 2.45) is 5.92 Å². The zero-order chi connectivity index (χ0) is 17.3. The number of carbonyl (C=O) groups is 1. The van der Waals surface area contributed by atoms with Gasteiger partial charge in [-0.25, -0.2) is 4.52 Å². The Morgan fingerprint density at radius 2 is 2.04 bits per heavy atom. The summed E-state index contributed by atoms with van der Waals surface area (Å²) in [5.41, 5.74) is 4.57. The van der Waals surface area contributed by atoms with Gasteiger partial charge in [-0.2, -0.15) is 4.98 Å². The van der Waals surface area contributed by atoms with E-state index in [0.717, 1.165) is 29.1 Å². The number of aryl methyl sites for hydroxylation is 2. The van der Waals surface area contributed by atoms with Crippen molar-refractivity contribution in [3.63, 3.8) is 0 Å². The summed E-state index contributed by atoms with van der Waals surface area (Å²) >= 11 is 1.53. The molecule has 0 fully saturated rings. The summed E-state index contributed by atoms with van der Waals surface area (Å²) in [6, 6.07) is 6.36. The number of fused-ring (bicyclic) bond motifs is 1. The average Bonchev–Trinajstić information content (AvgIpc) is 3.09. The lowest BCUT2D eigenvalue weighted by molar-refractivity contribution is -0.120. The lowest BCUT2D eigenvalue weighted by Crippen LogP contribution is -2.22.